The second-order valence-corrected chi connectivity index (χ2v) is 8.07. The fraction of sp³-hybridized carbons (Fsp3) is 0.500. The first kappa shape index (κ1) is 20.4. The van der Waals surface area contributed by atoms with Gasteiger partial charge in [0.1, 0.15) is 10.8 Å². The van der Waals surface area contributed by atoms with Crippen LogP contribution in [-0.2, 0) is 16.0 Å². The van der Waals surface area contributed by atoms with E-state index in [1.165, 1.54) is 23.5 Å². The Morgan fingerprint density at radius 3 is 2.68 bits per heavy atom. The third-order valence-electron chi connectivity index (χ3n) is 5.17. The van der Waals surface area contributed by atoms with Crippen LogP contribution in [-0.4, -0.2) is 40.0 Å². The lowest BCUT2D eigenvalue weighted by atomic mass is 10.1. The fourth-order valence-corrected chi connectivity index (χ4v) is 4.39. The zero-order valence-electron chi connectivity index (χ0n) is 16.2. The van der Waals surface area contributed by atoms with Crippen LogP contribution >= 0.6 is 11.3 Å². The summed E-state index contributed by atoms with van der Waals surface area (Å²) in [6.07, 6.45) is 2.81. The number of benzene rings is 1. The Bertz CT molecular complexity index is 820. The van der Waals surface area contributed by atoms with Crippen molar-refractivity contribution in [2.24, 2.45) is 5.92 Å². The second kappa shape index (κ2) is 9.23. The second-order valence-electron chi connectivity index (χ2n) is 7.07. The van der Waals surface area contributed by atoms with Crippen molar-refractivity contribution in [2.75, 3.05) is 18.4 Å². The molecule has 2 heterocycles. The first-order valence-corrected chi connectivity index (χ1v) is 10.5. The van der Waals surface area contributed by atoms with Gasteiger partial charge < -0.3 is 10.2 Å². The molecule has 0 aliphatic carbocycles. The van der Waals surface area contributed by atoms with Gasteiger partial charge in [-0.2, -0.15) is 0 Å². The Kier molecular flexibility index (Phi) is 6.72. The van der Waals surface area contributed by atoms with Gasteiger partial charge in [-0.15, -0.1) is 10.2 Å². The summed E-state index contributed by atoms with van der Waals surface area (Å²) in [7, 11) is 0. The largest absolute Gasteiger partial charge is 0.342 e. The zero-order valence-corrected chi connectivity index (χ0v) is 17.0. The molecule has 2 aromatic rings. The van der Waals surface area contributed by atoms with Crippen LogP contribution in [0.2, 0.25) is 0 Å². The maximum Gasteiger partial charge on any atom is 0.231 e. The minimum atomic E-state index is -0.388. The summed E-state index contributed by atoms with van der Waals surface area (Å²) < 4.78 is 13.0. The van der Waals surface area contributed by atoms with Crippen molar-refractivity contribution in [1.29, 1.82) is 0 Å². The minimum Gasteiger partial charge on any atom is -0.342 e. The number of hydrogen-bond donors (Lipinski definition) is 1. The number of carbonyl (C=O) groups is 2. The number of rotatable bonds is 8. The van der Waals surface area contributed by atoms with E-state index in [0.29, 0.717) is 30.6 Å². The Morgan fingerprint density at radius 1 is 1.29 bits per heavy atom. The van der Waals surface area contributed by atoms with Crippen LogP contribution in [0.1, 0.15) is 49.6 Å². The van der Waals surface area contributed by atoms with E-state index in [0.717, 1.165) is 23.4 Å². The molecule has 0 bridgehead atoms. The monoisotopic (exact) mass is 404 g/mol. The lowest BCUT2D eigenvalue weighted by Gasteiger charge is -2.16. The summed E-state index contributed by atoms with van der Waals surface area (Å²) in [4.78, 5) is 26.5. The molecule has 28 heavy (non-hydrogen) atoms. The minimum absolute atomic E-state index is 0.0303. The van der Waals surface area contributed by atoms with Crippen LogP contribution in [0, 0.1) is 11.7 Å². The van der Waals surface area contributed by atoms with E-state index >= 15 is 0 Å². The number of halogens is 1. The number of aromatic nitrogens is 2. The van der Waals surface area contributed by atoms with E-state index in [2.05, 4.69) is 29.4 Å². The van der Waals surface area contributed by atoms with Gasteiger partial charge in [0.2, 0.25) is 16.9 Å². The van der Waals surface area contributed by atoms with Gasteiger partial charge in [-0.3, -0.25) is 9.59 Å². The molecule has 0 spiro atoms. The van der Waals surface area contributed by atoms with Gasteiger partial charge in [0.05, 0.1) is 5.92 Å². The number of likely N-dealkylation sites (tertiary alicyclic amines) is 1. The number of amides is 2. The maximum atomic E-state index is 13.0. The molecule has 3 rings (SSSR count). The Labute approximate surface area is 168 Å². The van der Waals surface area contributed by atoms with Crippen LogP contribution in [0.25, 0.3) is 0 Å². The highest BCUT2D eigenvalue weighted by Crippen LogP contribution is 2.29. The molecule has 1 saturated heterocycles. The number of nitrogens with zero attached hydrogens (tertiary/aromatic N) is 3. The van der Waals surface area contributed by atoms with Crippen molar-refractivity contribution in [1.82, 2.24) is 15.1 Å². The SMILES string of the molecule is CCC(CC)c1nnc(NC(=O)[C@@H]2CC(=O)N(CCc3ccc(F)cc3)C2)s1. The number of carbonyl (C=O) groups excluding carboxylic acids is 2. The Hall–Kier alpha value is -2.35. The highest BCUT2D eigenvalue weighted by molar-refractivity contribution is 7.15. The Morgan fingerprint density at radius 2 is 2.00 bits per heavy atom. The van der Waals surface area contributed by atoms with E-state index in [-0.39, 0.29) is 30.0 Å². The molecule has 1 atom stereocenters. The third-order valence-corrected chi connectivity index (χ3v) is 6.18. The van der Waals surface area contributed by atoms with Crippen molar-refractivity contribution in [3.05, 3.63) is 40.7 Å². The standard InChI is InChI=1S/C20H25FN4O2S/c1-3-14(4-2)19-23-24-20(28-19)22-18(27)15-11-17(26)25(12-15)10-9-13-5-7-16(21)8-6-13/h5-8,14-15H,3-4,9-12H2,1-2H3,(H,22,24,27)/t15-/m1/s1. The van der Waals surface area contributed by atoms with Gasteiger partial charge >= 0.3 is 0 Å². The molecule has 150 valence electrons. The molecule has 2 amide bonds. The van der Waals surface area contributed by atoms with E-state index in [9.17, 15) is 14.0 Å². The van der Waals surface area contributed by atoms with Crippen LogP contribution < -0.4 is 5.32 Å². The normalized spacial score (nSPS) is 16.8. The fourth-order valence-electron chi connectivity index (χ4n) is 3.37. The lowest BCUT2D eigenvalue weighted by molar-refractivity contribution is -0.128. The van der Waals surface area contributed by atoms with Gasteiger partial charge in [0, 0.05) is 25.4 Å². The van der Waals surface area contributed by atoms with Gasteiger partial charge in [-0.05, 0) is 37.0 Å². The molecule has 1 fully saturated rings. The van der Waals surface area contributed by atoms with Gasteiger partial charge in [-0.25, -0.2) is 4.39 Å². The first-order valence-electron chi connectivity index (χ1n) is 9.66. The first-order chi connectivity index (χ1) is 13.5. The molecular weight excluding hydrogens is 379 g/mol. The highest BCUT2D eigenvalue weighted by atomic mass is 32.1. The summed E-state index contributed by atoms with van der Waals surface area (Å²) in [6.45, 7) is 5.13. The summed E-state index contributed by atoms with van der Waals surface area (Å²) in [5.41, 5.74) is 0.963. The predicted octanol–water partition coefficient (Wildman–Crippen LogP) is 3.61. The van der Waals surface area contributed by atoms with Crippen LogP contribution in [0.3, 0.4) is 0 Å². The molecule has 1 N–H and O–H groups in total. The summed E-state index contributed by atoms with van der Waals surface area (Å²) >= 11 is 1.40. The third kappa shape index (κ3) is 4.92. The molecule has 0 radical (unpaired) electrons. The van der Waals surface area contributed by atoms with E-state index in [1.807, 2.05) is 0 Å². The molecular formula is C20H25FN4O2S. The zero-order chi connectivity index (χ0) is 20.1. The average molecular weight is 405 g/mol. The molecule has 1 aromatic heterocycles. The topological polar surface area (TPSA) is 75.2 Å². The van der Waals surface area contributed by atoms with Crippen molar-refractivity contribution >= 4 is 28.3 Å². The summed E-state index contributed by atoms with van der Waals surface area (Å²) in [5.74, 6) is -0.525. The molecule has 1 aliphatic rings. The van der Waals surface area contributed by atoms with Crippen LogP contribution in [0.15, 0.2) is 24.3 Å². The van der Waals surface area contributed by atoms with Crippen molar-refractivity contribution in [2.45, 2.75) is 45.4 Å². The maximum absolute atomic E-state index is 13.0. The molecule has 0 unspecified atom stereocenters. The smallest absolute Gasteiger partial charge is 0.231 e. The predicted molar refractivity (Wildman–Crippen MR) is 107 cm³/mol. The highest BCUT2D eigenvalue weighted by Gasteiger charge is 2.34. The number of anilines is 1. The molecule has 6 nitrogen and oxygen atoms in total. The van der Waals surface area contributed by atoms with E-state index < -0.39 is 0 Å². The average Bonchev–Trinajstić information content (AvgIpc) is 3.29. The van der Waals surface area contributed by atoms with Crippen molar-refractivity contribution in [3.8, 4) is 0 Å². The van der Waals surface area contributed by atoms with Crippen LogP contribution in [0.4, 0.5) is 9.52 Å². The van der Waals surface area contributed by atoms with Gasteiger partial charge in [-0.1, -0.05) is 37.3 Å². The van der Waals surface area contributed by atoms with E-state index in [4.69, 9.17) is 0 Å². The molecule has 1 aromatic carbocycles. The summed E-state index contributed by atoms with van der Waals surface area (Å²) in [5, 5.41) is 12.5. The Balaban J connectivity index is 1.52. The van der Waals surface area contributed by atoms with Crippen molar-refractivity contribution in [3.63, 3.8) is 0 Å². The van der Waals surface area contributed by atoms with Gasteiger partial charge in [0.15, 0.2) is 0 Å². The van der Waals surface area contributed by atoms with Crippen molar-refractivity contribution < 1.29 is 14.0 Å². The molecule has 8 heteroatoms. The quantitative estimate of drug-likeness (QED) is 0.729. The van der Waals surface area contributed by atoms with Gasteiger partial charge in [0.25, 0.3) is 0 Å². The lowest BCUT2D eigenvalue weighted by Crippen LogP contribution is -2.30. The molecule has 1 aliphatic heterocycles. The summed E-state index contributed by atoms with van der Waals surface area (Å²) in [6, 6.07) is 6.25. The van der Waals surface area contributed by atoms with E-state index in [1.54, 1.807) is 17.0 Å². The molecule has 0 saturated carbocycles. The van der Waals surface area contributed by atoms with Crippen LogP contribution in [0.5, 0.6) is 0 Å². The number of nitrogens with one attached hydrogen (secondary N) is 1. The number of hydrogen-bond acceptors (Lipinski definition) is 5.